The first-order valence-electron chi connectivity index (χ1n) is 17.4. The van der Waals surface area contributed by atoms with Gasteiger partial charge in [0, 0.05) is 33.6 Å². The summed E-state index contributed by atoms with van der Waals surface area (Å²) in [5.74, 6) is 0.720. The van der Waals surface area contributed by atoms with Gasteiger partial charge in [-0.15, -0.1) is 13.2 Å². The van der Waals surface area contributed by atoms with Crippen LogP contribution in [-0.4, -0.2) is 96.5 Å². The normalized spacial score (nSPS) is 16.0. The summed E-state index contributed by atoms with van der Waals surface area (Å²) in [6.07, 6.45) is 7.65. The van der Waals surface area contributed by atoms with Gasteiger partial charge in [-0.3, -0.25) is 36.7 Å². The Morgan fingerprint density at radius 3 is 1.38 bits per heavy atom. The number of nitrogens with two attached hydrogens (primary N) is 1. The SMILES string of the molecule is C=CCOP(=O)(OCCC)OC[C@@H](COCC[C@H](C)CC)NC(C)=O.C=CCOP(=O)(OCCN)OC[C@@H](COCC[C@H](C)CC)NC(C)=O. The fourth-order valence-electron chi connectivity index (χ4n) is 3.51. The minimum Gasteiger partial charge on any atom is -0.379 e. The monoisotopic (exact) mass is 759 g/mol. The Labute approximate surface area is 301 Å². The molecular weight excluding hydrogens is 692 g/mol. The number of carbonyl (C=O) groups excluding carboxylic acids is 2. The molecule has 0 aliphatic rings. The van der Waals surface area contributed by atoms with Gasteiger partial charge in [0.2, 0.25) is 11.8 Å². The van der Waals surface area contributed by atoms with Crippen LogP contribution in [0, 0.1) is 11.8 Å². The standard InChI is InChI=1S/C17H34NO6P.C16H33N2O6P/c1-6-10-22-25(20,23-11-7-2)24-14-17(18-16(5)19)13-21-12-9-15(4)8-3;1-5-9-22-25(20,23-11-8-17)24-13-16(18-15(4)19)12-21-10-7-14(3)6-2/h6,15,17H,1,7-14H2,2-5H3,(H,18,19);5,14,16H,1,6-13,17H2,2-4H3,(H,18,19)/t15-,17-,25?;14-,16-,25?/m11/s1. The third kappa shape index (κ3) is 30.2. The van der Waals surface area contributed by atoms with Gasteiger partial charge in [0.15, 0.2) is 0 Å². The fraction of sp³-hybridized carbons (Fsp3) is 0.818. The van der Waals surface area contributed by atoms with Gasteiger partial charge in [0.05, 0.1) is 64.9 Å². The van der Waals surface area contributed by atoms with Gasteiger partial charge in [0.1, 0.15) is 0 Å². The van der Waals surface area contributed by atoms with Crippen LogP contribution in [-0.2, 0) is 55.3 Å². The largest absolute Gasteiger partial charge is 0.475 e. The summed E-state index contributed by atoms with van der Waals surface area (Å²) in [7, 11) is -7.45. The number of rotatable bonds is 32. The Balaban J connectivity index is 0. The first-order chi connectivity index (χ1) is 23.7. The minimum absolute atomic E-state index is 0.0120. The quantitative estimate of drug-likeness (QED) is 0.0415. The maximum absolute atomic E-state index is 12.5. The molecular formula is C33H67N3O12P2. The Morgan fingerprint density at radius 2 is 1.06 bits per heavy atom. The lowest BCUT2D eigenvalue weighted by atomic mass is 10.1. The van der Waals surface area contributed by atoms with Gasteiger partial charge in [-0.2, -0.15) is 0 Å². The molecule has 2 unspecified atom stereocenters. The molecule has 0 aromatic carbocycles. The fourth-order valence-corrected chi connectivity index (χ4v) is 5.99. The van der Waals surface area contributed by atoms with Crippen molar-refractivity contribution >= 4 is 27.5 Å². The van der Waals surface area contributed by atoms with Gasteiger partial charge in [-0.1, -0.05) is 59.6 Å². The van der Waals surface area contributed by atoms with Crippen LogP contribution in [0.3, 0.4) is 0 Å². The molecule has 50 heavy (non-hydrogen) atoms. The number of phosphoric ester groups is 2. The molecule has 0 aromatic rings. The lowest BCUT2D eigenvalue weighted by molar-refractivity contribution is -0.121. The van der Waals surface area contributed by atoms with E-state index in [-0.39, 0.29) is 71.2 Å². The third-order valence-electron chi connectivity index (χ3n) is 6.75. The van der Waals surface area contributed by atoms with Gasteiger partial charge in [-0.05, 0) is 31.1 Å². The van der Waals surface area contributed by atoms with E-state index in [2.05, 4.69) is 51.5 Å². The van der Waals surface area contributed by atoms with E-state index in [1.54, 1.807) is 0 Å². The van der Waals surface area contributed by atoms with Crippen molar-refractivity contribution in [3.05, 3.63) is 25.3 Å². The van der Waals surface area contributed by atoms with Crippen LogP contribution in [0.1, 0.15) is 80.6 Å². The molecule has 6 atom stereocenters. The molecule has 0 heterocycles. The second kappa shape index (κ2) is 32.2. The third-order valence-corrected chi connectivity index (χ3v) is 9.60. The molecule has 15 nitrogen and oxygen atoms in total. The Kier molecular flexibility index (Phi) is 32.6. The van der Waals surface area contributed by atoms with E-state index < -0.39 is 27.7 Å². The van der Waals surface area contributed by atoms with Crippen LogP contribution >= 0.6 is 15.6 Å². The first-order valence-corrected chi connectivity index (χ1v) is 20.3. The second-order valence-electron chi connectivity index (χ2n) is 11.7. The molecule has 0 spiro atoms. The molecule has 4 N–H and O–H groups in total. The summed E-state index contributed by atoms with van der Waals surface area (Å²) in [5, 5.41) is 5.43. The number of hydrogen-bond donors (Lipinski definition) is 3. The van der Waals surface area contributed by atoms with Crippen LogP contribution in [0.5, 0.6) is 0 Å². The van der Waals surface area contributed by atoms with Gasteiger partial charge < -0.3 is 25.8 Å². The predicted molar refractivity (Wildman–Crippen MR) is 196 cm³/mol. The summed E-state index contributed by atoms with van der Waals surface area (Å²) in [5.41, 5.74) is 5.35. The van der Waals surface area contributed by atoms with Crippen molar-refractivity contribution < 1.29 is 55.3 Å². The smallest absolute Gasteiger partial charge is 0.379 e. The number of hydrogen-bond acceptors (Lipinski definition) is 13. The zero-order chi connectivity index (χ0) is 38.3. The molecule has 0 aliphatic heterocycles. The van der Waals surface area contributed by atoms with Crippen molar-refractivity contribution in [2.24, 2.45) is 17.6 Å². The summed E-state index contributed by atoms with van der Waals surface area (Å²) in [6.45, 7) is 22.4. The van der Waals surface area contributed by atoms with Crippen LogP contribution in [0.4, 0.5) is 0 Å². The molecule has 0 rings (SSSR count). The number of ether oxygens (including phenoxy) is 2. The highest BCUT2D eigenvalue weighted by Crippen LogP contribution is 2.50. The molecule has 0 saturated carbocycles. The maximum Gasteiger partial charge on any atom is 0.475 e. The molecule has 17 heteroatoms. The van der Waals surface area contributed by atoms with E-state index in [1.807, 2.05) is 6.92 Å². The van der Waals surface area contributed by atoms with E-state index in [0.29, 0.717) is 31.5 Å². The summed E-state index contributed by atoms with van der Waals surface area (Å²) < 4.78 is 67.4. The van der Waals surface area contributed by atoms with Crippen molar-refractivity contribution in [2.75, 3.05) is 72.6 Å². The van der Waals surface area contributed by atoms with Gasteiger partial charge in [0.25, 0.3) is 0 Å². The van der Waals surface area contributed by atoms with Crippen LogP contribution in [0.2, 0.25) is 0 Å². The zero-order valence-corrected chi connectivity index (χ0v) is 33.4. The second-order valence-corrected chi connectivity index (χ2v) is 15.0. The predicted octanol–water partition coefficient (Wildman–Crippen LogP) is 5.94. The number of amides is 2. The van der Waals surface area contributed by atoms with Gasteiger partial charge >= 0.3 is 15.6 Å². The molecule has 0 fully saturated rings. The summed E-state index contributed by atoms with van der Waals surface area (Å²) in [6, 6.07) is -0.892. The van der Waals surface area contributed by atoms with Crippen molar-refractivity contribution in [1.29, 1.82) is 0 Å². The number of nitrogens with one attached hydrogen (secondary N) is 2. The molecule has 0 aliphatic carbocycles. The Hall–Kier alpha value is -1.48. The molecule has 2 amide bonds. The molecule has 0 saturated heterocycles. The number of phosphoric acid groups is 2. The molecule has 0 radical (unpaired) electrons. The van der Waals surface area contributed by atoms with E-state index in [4.69, 9.17) is 42.3 Å². The Bertz CT molecular complexity index is 916. The average Bonchev–Trinajstić information content (AvgIpc) is 3.09. The first kappa shape index (κ1) is 50.6. The van der Waals surface area contributed by atoms with Crippen molar-refractivity contribution in [3.8, 4) is 0 Å². The number of carbonyl (C=O) groups is 2. The maximum atomic E-state index is 12.5. The highest BCUT2D eigenvalue weighted by atomic mass is 31.2. The summed E-state index contributed by atoms with van der Waals surface area (Å²) in [4.78, 5) is 22.7. The van der Waals surface area contributed by atoms with Crippen molar-refractivity contribution in [3.63, 3.8) is 0 Å². The molecule has 0 bridgehead atoms. The topological polar surface area (TPSA) is 192 Å². The average molecular weight is 760 g/mol. The van der Waals surface area contributed by atoms with Crippen LogP contribution in [0.15, 0.2) is 25.3 Å². The van der Waals surface area contributed by atoms with Crippen molar-refractivity contribution in [1.82, 2.24) is 10.6 Å². The van der Waals surface area contributed by atoms with E-state index in [1.165, 1.54) is 26.0 Å². The highest BCUT2D eigenvalue weighted by molar-refractivity contribution is 7.48. The zero-order valence-electron chi connectivity index (χ0n) is 31.6. The minimum atomic E-state index is -3.77. The molecule has 296 valence electrons. The Morgan fingerprint density at radius 1 is 0.660 bits per heavy atom. The lowest BCUT2D eigenvalue weighted by Gasteiger charge is -2.22. The van der Waals surface area contributed by atoms with Crippen LogP contribution in [0.25, 0.3) is 0 Å². The van der Waals surface area contributed by atoms with E-state index in [9.17, 15) is 18.7 Å². The van der Waals surface area contributed by atoms with Crippen molar-refractivity contribution in [2.45, 2.75) is 92.7 Å². The van der Waals surface area contributed by atoms with E-state index >= 15 is 0 Å². The lowest BCUT2D eigenvalue weighted by Crippen LogP contribution is -2.40. The summed E-state index contributed by atoms with van der Waals surface area (Å²) >= 11 is 0. The highest BCUT2D eigenvalue weighted by Gasteiger charge is 2.29. The van der Waals surface area contributed by atoms with Gasteiger partial charge in [-0.25, -0.2) is 9.13 Å². The van der Waals surface area contributed by atoms with Crippen LogP contribution < -0.4 is 16.4 Å². The van der Waals surface area contributed by atoms with E-state index in [0.717, 1.165) is 25.7 Å². The molecule has 0 aromatic heterocycles.